The van der Waals surface area contributed by atoms with Gasteiger partial charge in [-0.2, -0.15) is 13.2 Å². The third-order valence-electron chi connectivity index (χ3n) is 2.66. The highest BCUT2D eigenvalue weighted by Gasteiger charge is 2.39. The summed E-state index contributed by atoms with van der Waals surface area (Å²) in [6.07, 6.45) is -3.49. The molecule has 0 aliphatic carbocycles. The van der Waals surface area contributed by atoms with Crippen LogP contribution in [-0.2, 0) is 6.18 Å². The van der Waals surface area contributed by atoms with Gasteiger partial charge in [-0.05, 0) is 18.2 Å². The molecule has 0 aliphatic heterocycles. The lowest BCUT2D eigenvalue weighted by atomic mass is 10.0. The number of methoxy groups -OCH3 is 1. The number of rotatable bonds is 2. The van der Waals surface area contributed by atoms with Crippen LogP contribution >= 0.6 is 34.8 Å². The second-order valence-corrected chi connectivity index (χ2v) is 5.23. The van der Waals surface area contributed by atoms with E-state index in [-0.39, 0.29) is 26.4 Å². The van der Waals surface area contributed by atoms with Crippen LogP contribution in [0.3, 0.4) is 0 Å². The fourth-order valence-corrected chi connectivity index (χ4v) is 2.84. The van der Waals surface area contributed by atoms with Gasteiger partial charge in [0.15, 0.2) is 0 Å². The Hall–Kier alpha value is -1.17. The highest BCUT2D eigenvalue weighted by atomic mass is 35.5. The Morgan fingerprint density at radius 3 is 2.14 bits per heavy atom. The van der Waals surface area contributed by atoms with Crippen molar-refractivity contribution < 1.29 is 17.9 Å². The Kier molecular flexibility index (Phi) is 4.56. The van der Waals surface area contributed by atoms with E-state index in [1.54, 1.807) is 0 Å². The predicted octanol–water partition coefficient (Wildman–Crippen LogP) is 5.74. The topological polar surface area (TPSA) is 22.1 Å². The van der Waals surface area contributed by atoms with Crippen LogP contribution in [0, 0.1) is 0 Å². The van der Waals surface area contributed by atoms with Crippen molar-refractivity contribution in [3.63, 3.8) is 0 Å². The lowest BCUT2D eigenvalue weighted by Gasteiger charge is -2.17. The zero-order chi connectivity index (χ0) is 15.8. The molecular formula is C13H7Cl3F3NO. The number of pyridine rings is 1. The van der Waals surface area contributed by atoms with Gasteiger partial charge in [-0.1, -0.05) is 34.8 Å². The molecule has 0 amide bonds. The summed E-state index contributed by atoms with van der Waals surface area (Å²) in [5.74, 6) is -0.366. The minimum atomic E-state index is -4.68. The van der Waals surface area contributed by atoms with E-state index in [0.29, 0.717) is 0 Å². The van der Waals surface area contributed by atoms with E-state index in [1.165, 1.54) is 18.3 Å². The maximum atomic E-state index is 13.3. The van der Waals surface area contributed by atoms with Gasteiger partial charge in [0.25, 0.3) is 0 Å². The molecule has 0 atom stereocenters. The maximum absolute atomic E-state index is 13.3. The van der Waals surface area contributed by atoms with Crippen LogP contribution in [0.2, 0.25) is 15.1 Å². The van der Waals surface area contributed by atoms with Gasteiger partial charge in [0, 0.05) is 16.8 Å². The molecular weight excluding hydrogens is 350 g/mol. The van der Waals surface area contributed by atoms with Gasteiger partial charge in [0.2, 0.25) is 0 Å². The Morgan fingerprint density at radius 2 is 1.67 bits per heavy atom. The summed E-state index contributed by atoms with van der Waals surface area (Å²) in [6, 6.07) is 3.71. The fourth-order valence-electron chi connectivity index (χ4n) is 1.85. The normalized spacial score (nSPS) is 11.6. The molecule has 1 aromatic carbocycles. The highest BCUT2D eigenvalue weighted by molar-refractivity contribution is 6.41. The summed E-state index contributed by atoms with van der Waals surface area (Å²) in [5, 5.41) is 0.155. The zero-order valence-corrected chi connectivity index (χ0v) is 12.7. The standard InChI is InChI=1S/C13H7Cl3F3NO/c1-21-9-2-3-20-12(11(9)13(17,18)19)10-7(15)4-6(14)5-8(10)16/h2-5H,1H3. The molecule has 0 spiro atoms. The van der Waals surface area contributed by atoms with Crippen LogP contribution in [0.1, 0.15) is 5.56 Å². The average molecular weight is 357 g/mol. The molecule has 0 bridgehead atoms. The molecule has 0 radical (unpaired) electrons. The Morgan fingerprint density at radius 1 is 1.10 bits per heavy atom. The van der Waals surface area contributed by atoms with Gasteiger partial charge in [-0.15, -0.1) is 0 Å². The zero-order valence-electron chi connectivity index (χ0n) is 10.4. The summed E-state index contributed by atoms with van der Waals surface area (Å²) in [6.45, 7) is 0. The van der Waals surface area contributed by atoms with Crippen LogP contribution in [0.4, 0.5) is 13.2 Å². The van der Waals surface area contributed by atoms with Gasteiger partial charge >= 0.3 is 6.18 Å². The lowest BCUT2D eigenvalue weighted by Crippen LogP contribution is -2.11. The Bertz CT molecular complexity index is 666. The first kappa shape index (κ1) is 16.2. The number of aromatic nitrogens is 1. The summed E-state index contributed by atoms with van der Waals surface area (Å²) in [5.41, 5.74) is -1.50. The van der Waals surface area contributed by atoms with E-state index >= 15 is 0 Å². The fraction of sp³-hybridized carbons (Fsp3) is 0.154. The number of benzene rings is 1. The van der Waals surface area contributed by atoms with Gasteiger partial charge < -0.3 is 4.74 Å². The lowest BCUT2D eigenvalue weighted by molar-refractivity contribution is -0.138. The van der Waals surface area contributed by atoms with Crippen molar-refractivity contribution in [2.45, 2.75) is 6.18 Å². The molecule has 112 valence electrons. The van der Waals surface area contributed by atoms with E-state index in [4.69, 9.17) is 39.5 Å². The molecule has 2 nitrogen and oxygen atoms in total. The molecule has 0 N–H and O–H groups in total. The summed E-state index contributed by atoms with van der Waals surface area (Å²) >= 11 is 17.7. The van der Waals surface area contributed by atoms with Gasteiger partial charge in [0.1, 0.15) is 11.3 Å². The van der Waals surface area contributed by atoms with Crippen molar-refractivity contribution in [2.75, 3.05) is 7.11 Å². The smallest absolute Gasteiger partial charge is 0.422 e. The van der Waals surface area contributed by atoms with E-state index < -0.39 is 17.4 Å². The molecule has 1 aromatic heterocycles. The second kappa shape index (κ2) is 5.91. The molecule has 1 heterocycles. The molecule has 0 saturated heterocycles. The van der Waals surface area contributed by atoms with Crippen molar-refractivity contribution in [1.29, 1.82) is 0 Å². The predicted molar refractivity (Wildman–Crippen MR) is 76.3 cm³/mol. The number of hydrogen-bond acceptors (Lipinski definition) is 2. The first-order chi connectivity index (χ1) is 9.75. The molecule has 0 aliphatic rings. The van der Waals surface area contributed by atoms with Crippen LogP contribution in [0.15, 0.2) is 24.4 Å². The third-order valence-corrected chi connectivity index (χ3v) is 3.47. The van der Waals surface area contributed by atoms with Gasteiger partial charge in [-0.25, -0.2) is 0 Å². The van der Waals surface area contributed by atoms with Gasteiger partial charge in [0.05, 0.1) is 22.8 Å². The monoisotopic (exact) mass is 355 g/mol. The van der Waals surface area contributed by atoms with Crippen molar-refractivity contribution in [3.8, 4) is 17.0 Å². The molecule has 2 aromatic rings. The number of alkyl halides is 3. The maximum Gasteiger partial charge on any atom is 0.422 e. The molecule has 0 saturated carbocycles. The molecule has 8 heteroatoms. The SMILES string of the molecule is COc1ccnc(-c2c(Cl)cc(Cl)cc2Cl)c1C(F)(F)F. The average Bonchev–Trinajstić information content (AvgIpc) is 2.35. The number of halogens is 6. The van der Waals surface area contributed by atoms with Crippen LogP contribution < -0.4 is 4.74 Å². The van der Waals surface area contributed by atoms with E-state index in [2.05, 4.69) is 4.98 Å². The number of ether oxygens (including phenoxy) is 1. The molecule has 0 unspecified atom stereocenters. The quantitative estimate of drug-likeness (QED) is 0.685. The first-order valence-electron chi connectivity index (χ1n) is 5.50. The minimum absolute atomic E-state index is 0.0289. The molecule has 2 rings (SSSR count). The first-order valence-corrected chi connectivity index (χ1v) is 6.64. The van der Waals surface area contributed by atoms with Crippen LogP contribution in [0.5, 0.6) is 5.75 Å². The Balaban J connectivity index is 2.82. The summed E-state index contributed by atoms with van der Waals surface area (Å²) in [7, 11) is 1.14. The number of hydrogen-bond donors (Lipinski definition) is 0. The molecule has 0 fully saturated rings. The van der Waals surface area contributed by atoms with E-state index in [9.17, 15) is 13.2 Å². The number of nitrogens with zero attached hydrogens (tertiary/aromatic N) is 1. The van der Waals surface area contributed by atoms with Crippen molar-refractivity contribution >= 4 is 34.8 Å². The summed E-state index contributed by atoms with van der Waals surface area (Å²) < 4.78 is 44.6. The van der Waals surface area contributed by atoms with E-state index in [1.807, 2.05) is 0 Å². The second-order valence-electron chi connectivity index (χ2n) is 3.98. The molecule has 21 heavy (non-hydrogen) atoms. The van der Waals surface area contributed by atoms with Crippen molar-refractivity contribution in [1.82, 2.24) is 4.98 Å². The van der Waals surface area contributed by atoms with E-state index in [0.717, 1.165) is 13.2 Å². The van der Waals surface area contributed by atoms with Crippen molar-refractivity contribution in [2.24, 2.45) is 0 Å². The minimum Gasteiger partial charge on any atom is -0.496 e. The third kappa shape index (κ3) is 3.20. The summed E-state index contributed by atoms with van der Waals surface area (Å²) in [4.78, 5) is 3.76. The van der Waals surface area contributed by atoms with Gasteiger partial charge in [-0.3, -0.25) is 4.98 Å². The van der Waals surface area contributed by atoms with Crippen molar-refractivity contribution in [3.05, 3.63) is 45.0 Å². The highest BCUT2D eigenvalue weighted by Crippen LogP contribution is 2.45. The Labute approximate surface area is 133 Å². The largest absolute Gasteiger partial charge is 0.496 e. The van der Waals surface area contributed by atoms with Crippen LogP contribution in [0.25, 0.3) is 11.3 Å². The van der Waals surface area contributed by atoms with Crippen LogP contribution in [-0.4, -0.2) is 12.1 Å².